The van der Waals surface area contributed by atoms with Gasteiger partial charge in [0.15, 0.2) is 0 Å². The molecule has 2 fully saturated rings. The summed E-state index contributed by atoms with van der Waals surface area (Å²) in [6, 6.07) is 6.48. The third kappa shape index (κ3) is 5.51. The van der Waals surface area contributed by atoms with Crippen molar-refractivity contribution in [1.82, 2.24) is 10.6 Å². The van der Waals surface area contributed by atoms with Gasteiger partial charge in [0.1, 0.15) is 5.82 Å². The van der Waals surface area contributed by atoms with Gasteiger partial charge < -0.3 is 15.4 Å². The molecule has 0 aliphatic carbocycles. The highest BCUT2D eigenvalue weighted by Gasteiger charge is 2.38. The molecule has 5 nitrogen and oxygen atoms in total. The van der Waals surface area contributed by atoms with E-state index in [0.717, 1.165) is 18.4 Å². The number of amides is 2. The van der Waals surface area contributed by atoms with E-state index in [0.29, 0.717) is 38.7 Å². The van der Waals surface area contributed by atoms with E-state index >= 15 is 0 Å². The minimum absolute atomic E-state index is 0.0114. The van der Waals surface area contributed by atoms with E-state index in [2.05, 4.69) is 10.6 Å². The van der Waals surface area contributed by atoms with Crippen molar-refractivity contribution in [2.75, 3.05) is 6.61 Å². The Hall–Kier alpha value is -1.95. The normalized spacial score (nSPS) is 27.2. The number of hydrogen-bond acceptors (Lipinski definition) is 3. The van der Waals surface area contributed by atoms with Crippen molar-refractivity contribution in [3.05, 3.63) is 35.6 Å². The molecule has 0 saturated carbocycles. The summed E-state index contributed by atoms with van der Waals surface area (Å²) < 4.78 is 18.9. The first-order valence-corrected chi connectivity index (χ1v) is 9.74. The zero-order chi connectivity index (χ0) is 19.5. The molecule has 0 bridgehead atoms. The van der Waals surface area contributed by atoms with Crippen LogP contribution in [0.5, 0.6) is 0 Å². The number of rotatable bonds is 6. The molecule has 0 spiro atoms. The molecule has 2 N–H and O–H groups in total. The summed E-state index contributed by atoms with van der Waals surface area (Å²) >= 11 is 0. The van der Waals surface area contributed by atoms with Gasteiger partial charge in [-0.3, -0.25) is 9.59 Å². The fourth-order valence-electron chi connectivity index (χ4n) is 4.18. The van der Waals surface area contributed by atoms with Crippen molar-refractivity contribution in [3.8, 4) is 0 Å². The molecule has 2 heterocycles. The number of ether oxygens (including phenoxy) is 1. The summed E-state index contributed by atoms with van der Waals surface area (Å²) in [6.07, 6.45) is 4.34. The summed E-state index contributed by atoms with van der Waals surface area (Å²) in [7, 11) is 0. The van der Waals surface area contributed by atoms with Gasteiger partial charge in [-0.05, 0) is 63.6 Å². The molecule has 1 aromatic rings. The largest absolute Gasteiger partial charge is 0.375 e. The van der Waals surface area contributed by atoms with Crippen LogP contribution in [0.15, 0.2) is 24.3 Å². The smallest absolute Gasteiger partial charge is 0.220 e. The molecule has 1 aromatic carbocycles. The quantitative estimate of drug-likeness (QED) is 0.802. The van der Waals surface area contributed by atoms with Crippen molar-refractivity contribution >= 4 is 11.8 Å². The molecule has 2 unspecified atom stereocenters. The molecule has 2 amide bonds. The van der Waals surface area contributed by atoms with E-state index in [1.165, 1.54) is 12.1 Å². The first-order valence-electron chi connectivity index (χ1n) is 9.74. The topological polar surface area (TPSA) is 67.4 Å². The van der Waals surface area contributed by atoms with Gasteiger partial charge >= 0.3 is 0 Å². The van der Waals surface area contributed by atoms with Crippen molar-refractivity contribution < 1.29 is 18.7 Å². The fraction of sp³-hybridized carbons (Fsp3) is 0.619. The zero-order valence-corrected chi connectivity index (χ0v) is 16.1. The van der Waals surface area contributed by atoms with Crippen LogP contribution in [0, 0.1) is 5.82 Å². The maximum atomic E-state index is 13.2. The monoisotopic (exact) mass is 376 g/mol. The van der Waals surface area contributed by atoms with Gasteiger partial charge in [0, 0.05) is 31.0 Å². The molecule has 148 valence electrons. The van der Waals surface area contributed by atoms with Gasteiger partial charge in [-0.15, -0.1) is 0 Å². The highest BCUT2D eigenvalue weighted by molar-refractivity contribution is 5.80. The minimum atomic E-state index is -0.429. The van der Waals surface area contributed by atoms with E-state index in [1.54, 1.807) is 12.1 Å². The van der Waals surface area contributed by atoms with Crippen LogP contribution in [0.1, 0.15) is 57.9 Å². The van der Waals surface area contributed by atoms with Gasteiger partial charge in [-0.2, -0.15) is 0 Å². The number of carbonyl (C=O) groups excluding carboxylic acids is 2. The summed E-state index contributed by atoms with van der Waals surface area (Å²) in [5, 5.41) is 6.19. The molecular formula is C21H29FN2O3. The summed E-state index contributed by atoms with van der Waals surface area (Å²) in [5.74, 6) is -0.247. The standard InChI is InChI=1S/C21H29FN2O3/c1-20(2)14-17(9-12-27-20)23-18(25)7-10-21(11-8-19(26)24-21)13-15-3-5-16(22)6-4-15/h3-6,17H,7-14H2,1-2H3,(H,23,25)(H,24,26). The Balaban J connectivity index is 1.57. The van der Waals surface area contributed by atoms with Gasteiger partial charge in [0.05, 0.1) is 5.60 Å². The number of carbonyl (C=O) groups is 2. The lowest BCUT2D eigenvalue weighted by Gasteiger charge is -2.36. The number of hydrogen-bond donors (Lipinski definition) is 2. The van der Waals surface area contributed by atoms with Gasteiger partial charge in [0.25, 0.3) is 0 Å². The molecule has 27 heavy (non-hydrogen) atoms. The van der Waals surface area contributed by atoms with Crippen LogP contribution in [0.3, 0.4) is 0 Å². The van der Waals surface area contributed by atoms with Crippen LogP contribution < -0.4 is 10.6 Å². The van der Waals surface area contributed by atoms with Gasteiger partial charge in [-0.25, -0.2) is 4.39 Å². The summed E-state index contributed by atoms with van der Waals surface area (Å²) in [4.78, 5) is 24.3. The molecule has 2 atom stereocenters. The Bertz CT molecular complexity index is 689. The van der Waals surface area contributed by atoms with Crippen molar-refractivity contribution in [2.24, 2.45) is 0 Å². The van der Waals surface area contributed by atoms with Crippen LogP contribution in [0.2, 0.25) is 0 Å². The highest BCUT2D eigenvalue weighted by Crippen LogP contribution is 2.30. The molecule has 0 aromatic heterocycles. The average molecular weight is 376 g/mol. The average Bonchev–Trinajstić information content (AvgIpc) is 2.95. The maximum Gasteiger partial charge on any atom is 0.220 e. The second-order valence-electron chi connectivity index (χ2n) is 8.50. The minimum Gasteiger partial charge on any atom is -0.375 e. The summed E-state index contributed by atoms with van der Waals surface area (Å²) in [6.45, 7) is 4.73. The second kappa shape index (κ2) is 7.97. The zero-order valence-electron chi connectivity index (χ0n) is 16.1. The number of halogens is 1. The predicted molar refractivity (Wildman–Crippen MR) is 101 cm³/mol. The van der Waals surface area contributed by atoms with E-state index in [-0.39, 0.29) is 29.3 Å². The lowest BCUT2D eigenvalue weighted by atomic mass is 9.84. The van der Waals surface area contributed by atoms with E-state index < -0.39 is 5.54 Å². The Morgan fingerprint density at radius 3 is 2.70 bits per heavy atom. The first-order chi connectivity index (χ1) is 12.8. The van der Waals surface area contributed by atoms with Crippen LogP contribution in [-0.2, 0) is 20.7 Å². The molecule has 2 aliphatic rings. The van der Waals surface area contributed by atoms with Crippen LogP contribution in [0.25, 0.3) is 0 Å². The van der Waals surface area contributed by atoms with E-state index in [1.807, 2.05) is 13.8 Å². The Morgan fingerprint density at radius 1 is 1.33 bits per heavy atom. The molecule has 6 heteroatoms. The van der Waals surface area contributed by atoms with E-state index in [4.69, 9.17) is 4.74 Å². The highest BCUT2D eigenvalue weighted by atomic mass is 19.1. The van der Waals surface area contributed by atoms with Crippen LogP contribution >= 0.6 is 0 Å². The van der Waals surface area contributed by atoms with Gasteiger partial charge in [0.2, 0.25) is 11.8 Å². The third-order valence-corrected chi connectivity index (χ3v) is 5.58. The van der Waals surface area contributed by atoms with Gasteiger partial charge in [-0.1, -0.05) is 12.1 Å². The molecular weight excluding hydrogens is 347 g/mol. The molecule has 2 aliphatic heterocycles. The van der Waals surface area contributed by atoms with E-state index in [9.17, 15) is 14.0 Å². The maximum absolute atomic E-state index is 13.2. The van der Waals surface area contributed by atoms with Crippen molar-refractivity contribution in [1.29, 1.82) is 0 Å². The fourth-order valence-corrected chi connectivity index (χ4v) is 4.18. The molecule has 0 radical (unpaired) electrons. The predicted octanol–water partition coefficient (Wildman–Crippen LogP) is 2.87. The number of benzene rings is 1. The lowest BCUT2D eigenvalue weighted by molar-refractivity contribution is -0.125. The van der Waals surface area contributed by atoms with Crippen LogP contribution in [-0.4, -0.2) is 35.6 Å². The second-order valence-corrected chi connectivity index (χ2v) is 8.50. The Morgan fingerprint density at radius 2 is 2.07 bits per heavy atom. The van der Waals surface area contributed by atoms with Crippen molar-refractivity contribution in [2.45, 2.75) is 76.0 Å². The Labute approximate surface area is 160 Å². The SMILES string of the molecule is CC1(C)CC(NC(=O)CCC2(Cc3ccc(F)cc3)CCC(=O)N2)CCO1. The lowest BCUT2D eigenvalue weighted by Crippen LogP contribution is -2.47. The number of nitrogens with one attached hydrogen (secondary N) is 2. The Kier molecular flexibility index (Phi) is 5.84. The molecule has 2 saturated heterocycles. The third-order valence-electron chi connectivity index (χ3n) is 5.58. The first kappa shape index (κ1) is 19.8. The summed E-state index contributed by atoms with van der Waals surface area (Å²) in [5.41, 5.74) is 0.325. The van der Waals surface area contributed by atoms with Crippen molar-refractivity contribution in [3.63, 3.8) is 0 Å². The molecule has 3 rings (SSSR count). The van der Waals surface area contributed by atoms with Crippen LogP contribution in [0.4, 0.5) is 4.39 Å².